The fraction of sp³-hybridized carbons (Fsp3) is 0.647. The molecule has 0 saturated heterocycles. The summed E-state index contributed by atoms with van der Waals surface area (Å²) < 4.78 is 6.05. The highest BCUT2D eigenvalue weighted by Crippen LogP contribution is 2.36. The summed E-state index contributed by atoms with van der Waals surface area (Å²) in [6, 6.07) is 7.11. The van der Waals surface area contributed by atoms with Gasteiger partial charge in [-0.1, -0.05) is 31.9 Å². The zero-order valence-electron chi connectivity index (χ0n) is 12.0. The minimum absolute atomic E-state index is 0.528. The Kier molecular flexibility index (Phi) is 4.07. The van der Waals surface area contributed by atoms with Crippen molar-refractivity contribution in [2.75, 3.05) is 13.2 Å². The second kappa shape index (κ2) is 5.96. The van der Waals surface area contributed by atoms with Crippen LogP contribution < -0.4 is 10.1 Å². The minimum atomic E-state index is 0.528. The van der Waals surface area contributed by atoms with Crippen LogP contribution in [0.25, 0.3) is 0 Å². The molecule has 1 fully saturated rings. The zero-order chi connectivity index (χ0) is 13.1. The smallest absolute Gasteiger partial charge is 0.122 e. The summed E-state index contributed by atoms with van der Waals surface area (Å²) in [5, 5.41) is 3.60. The third-order valence-corrected chi connectivity index (χ3v) is 4.40. The molecule has 2 aliphatic rings. The second-order valence-corrected chi connectivity index (χ2v) is 5.91. The van der Waals surface area contributed by atoms with Crippen LogP contribution in [0.5, 0.6) is 5.75 Å². The Hall–Kier alpha value is -1.02. The first-order valence-electron chi connectivity index (χ1n) is 7.86. The van der Waals surface area contributed by atoms with E-state index < -0.39 is 0 Å². The number of benzene rings is 1. The number of nitrogens with one attached hydrogen (secondary N) is 1. The first-order chi connectivity index (χ1) is 9.38. The average molecular weight is 259 g/mol. The van der Waals surface area contributed by atoms with E-state index in [2.05, 4.69) is 30.4 Å². The lowest BCUT2D eigenvalue weighted by Gasteiger charge is -2.27. The molecule has 1 atom stereocenters. The molecule has 19 heavy (non-hydrogen) atoms. The van der Waals surface area contributed by atoms with Crippen molar-refractivity contribution in [2.45, 2.75) is 51.5 Å². The second-order valence-electron chi connectivity index (χ2n) is 5.91. The Morgan fingerprint density at radius 1 is 1.26 bits per heavy atom. The van der Waals surface area contributed by atoms with E-state index >= 15 is 0 Å². The highest BCUT2D eigenvalue weighted by atomic mass is 16.5. The lowest BCUT2D eigenvalue weighted by molar-refractivity contribution is 0.296. The summed E-state index contributed by atoms with van der Waals surface area (Å²) >= 11 is 0. The Bertz CT molecular complexity index is 425. The molecular formula is C17H25NO. The van der Waals surface area contributed by atoms with Gasteiger partial charge in [0, 0.05) is 6.04 Å². The normalized spacial score (nSPS) is 22.1. The number of rotatable bonds is 6. The van der Waals surface area contributed by atoms with Crippen LogP contribution in [-0.4, -0.2) is 13.2 Å². The Morgan fingerprint density at radius 2 is 2.16 bits per heavy atom. The first-order valence-corrected chi connectivity index (χ1v) is 7.86. The van der Waals surface area contributed by atoms with Gasteiger partial charge in [-0.15, -0.1) is 0 Å². The van der Waals surface area contributed by atoms with Gasteiger partial charge in [0.1, 0.15) is 5.75 Å². The van der Waals surface area contributed by atoms with E-state index in [0.717, 1.165) is 24.8 Å². The van der Waals surface area contributed by atoms with E-state index in [1.165, 1.54) is 49.7 Å². The Labute approximate surface area is 116 Å². The summed E-state index contributed by atoms with van der Waals surface area (Å²) in [6.07, 6.45) is 7.77. The van der Waals surface area contributed by atoms with E-state index in [1.54, 1.807) is 0 Å². The van der Waals surface area contributed by atoms with Gasteiger partial charge in [-0.2, -0.15) is 0 Å². The molecular weight excluding hydrogens is 234 g/mol. The maximum atomic E-state index is 6.05. The molecule has 0 spiro atoms. The van der Waals surface area contributed by atoms with Crippen molar-refractivity contribution in [1.82, 2.24) is 5.32 Å². The van der Waals surface area contributed by atoms with Crippen LogP contribution in [0.1, 0.15) is 56.2 Å². The molecule has 0 amide bonds. The summed E-state index contributed by atoms with van der Waals surface area (Å²) in [6.45, 7) is 4.12. The van der Waals surface area contributed by atoms with Gasteiger partial charge < -0.3 is 10.1 Å². The molecule has 1 unspecified atom stereocenters. The quantitative estimate of drug-likeness (QED) is 0.837. The van der Waals surface area contributed by atoms with Gasteiger partial charge in [0.15, 0.2) is 0 Å². The molecule has 0 radical (unpaired) electrons. The standard InChI is InChI=1S/C17H25NO/c1-2-18-16-7-3-6-15-14(16)5-4-8-17(15)19-12-11-13-9-10-13/h4-5,8,13,16,18H,2-3,6-7,9-12H2,1H3. The van der Waals surface area contributed by atoms with Gasteiger partial charge >= 0.3 is 0 Å². The van der Waals surface area contributed by atoms with E-state index in [-0.39, 0.29) is 0 Å². The van der Waals surface area contributed by atoms with Crippen LogP contribution in [0.4, 0.5) is 0 Å². The third kappa shape index (κ3) is 3.11. The van der Waals surface area contributed by atoms with Crippen LogP contribution in [0.2, 0.25) is 0 Å². The maximum absolute atomic E-state index is 6.05. The lowest BCUT2D eigenvalue weighted by Crippen LogP contribution is -2.25. The van der Waals surface area contributed by atoms with Crippen molar-refractivity contribution >= 4 is 0 Å². The lowest BCUT2D eigenvalue weighted by atomic mass is 9.87. The predicted molar refractivity (Wildman–Crippen MR) is 78.6 cm³/mol. The van der Waals surface area contributed by atoms with Crippen LogP contribution in [0.3, 0.4) is 0 Å². The van der Waals surface area contributed by atoms with Crippen LogP contribution in [-0.2, 0) is 6.42 Å². The van der Waals surface area contributed by atoms with Gasteiger partial charge in [0.2, 0.25) is 0 Å². The largest absolute Gasteiger partial charge is 0.493 e. The van der Waals surface area contributed by atoms with E-state index in [4.69, 9.17) is 4.74 Å². The molecule has 1 aromatic rings. The SMILES string of the molecule is CCNC1CCCc2c(OCCC3CC3)cccc21. The highest BCUT2D eigenvalue weighted by Gasteiger charge is 2.23. The zero-order valence-corrected chi connectivity index (χ0v) is 12.0. The molecule has 0 bridgehead atoms. The highest BCUT2D eigenvalue weighted by molar-refractivity contribution is 5.43. The molecule has 1 N–H and O–H groups in total. The van der Waals surface area contributed by atoms with Gasteiger partial charge in [-0.3, -0.25) is 0 Å². The van der Waals surface area contributed by atoms with Gasteiger partial charge in [0.05, 0.1) is 6.61 Å². The van der Waals surface area contributed by atoms with E-state index in [0.29, 0.717) is 6.04 Å². The molecule has 0 heterocycles. The maximum Gasteiger partial charge on any atom is 0.122 e. The Morgan fingerprint density at radius 3 is 2.95 bits per heavy atom. The number of hydrogen-bond acceptors (Lipinski definition) is 2. The van der Waals surface area contributed by atoms with Crippen molar-refractivity contribution in [3.05, 3.63) is 29.3 Å². The van der Waals surface area contributed by atoms with Crippen LogP contribution in [0, 0.1) is 5.92 Å². The van der Waals surface area contributed by atoms with E-state index in [1.807, 2.05) is 0 Å². The summed E-state index contributed by atoms with van der Waals surface area (Å²) in [5.74, 6) is 2.09. The number of fused-ring (bicyclic) bond motifs is 1. The van der Waals surface area contributed by atoms with Crippen molar-refractivity contribution in [2.24, 2.45) is 5.92 Å². The summed E-state index contributed by atoms with van der Waals surface area (Å²) in [7, 11) is 0. The fourth-order valence-electron chi connectivity index (χ4n) is 3.15. The summed E-state index contributed by atoms with van der Waals surface area (Å²) in [4.78, 5) is 0. The number of ether oxygens (including phenoxy) is 1. The molecule has 1 aromatic carbocycles. The molecule has 1 saturated carbocycles. The van der Waals surface area contributed by atoms with Gasteiger partial charge in [0.25, 0.3) is 0 Å². The molecule has 2 heteroatoms. The van der Waals surface area contributed by atoms with Crippen molar-refractivity contribution in [3.8, 4) is 5.75 Å². The molecule has 2 nitrogen and oxygen atoms in total. The first kappa shape index (κ1) is 13.0. The van der Waals surface area contributed by atoms with E-state index in [9.17, 15) is 0 Å². The van der Waals surface area contributed by atoms with Crippen molar-refractivity contribution in [3.63, 3.8) is 0 Å². The topological polar surface area (TPSA) is 21.3 Å². The molecule has 0 aromatic heterocycles. The Balaban J connectivity index is 1.71. The monoisotopic (exact) mass is 259 g/mol. The molecule has 104 valence electrons. The molecule has 3 rings (SSSR count). The van der Waals surface area contributed by atoms with Gasteiger partial charge in [-0.25, -0.2) is 0 Å². The number of hydrogen-bond donors (Lipinski definition) is 1. The fourth-order valence-corrected chi connectivity index (χ4v) is 3.15. The minimum Gasteiger partial charge on any atom is -0.493 e. The van der Waals surface area contributed by atoms with Crippen molar-refractivity contribution < 1.29 is 4.74 Å². The van der Waals surface area contributed by atoms with Crippen LogP contribution >= 0.6 is 0 Å². The molecule has 0 aliphatic heterocycles. The average Bonchev–Trinajstić information content (AvgIpc) is 3.24. The summed E-state index contributed by atoms with van der Waals surface area (Å²) in [5.41, 5.74) is 2.92. The van der Waals surface area contributed by atoms with Crippen molar-refractivity contribution in [1.29, 1.82) is 0 Å². The van der Waals surface area contributed by atoms with Gasteiger partial charge in [-0.05, 0) is 55.3 Å². The predicted octanol–water partition coefficient (Wildman–Crippen LogP) is 3.85. The molecule has 2 aliphatic carbocycles. The van der Waals surface area contributed by atoms with Crippen LogP contribution in [0.15, 0.2) is 18.2 Å². The third-order valence-electron chi connectivity index (χ3n) is 4.40.